The second kappa shape index (κ2) is 9.16. The van der Waals surface area contributed by atoms with Crippen molar-refractivity contribution in [3.63, 3.8) is 0 Å². The molecule has 1 aromatic carbocycles. The average molecular weight is 366 g/mol. The van der Waals surface area contributed by atoms with E-state index in [2.05, 4.69) is 24.3 Å². The van der Waals surface area contributed by atoms with E-state index in [9.17, 15) is 4.79 Å². The van der Waals surface area contributed by atoms with E-state index in [0.29, 0.717) is 19.6 Å². The Morgan fingerprint density at radius 3 is 2.92 bits per heavy atom. The summed E-state index contributed by atoms with van der Waals surface area (Å²) in [7, 11) is 5.94. The summed E-state index contributed by atoms with van der Waals surface area (Å²) in [6.45, 7) is 1.36. The number of benzene rings is 1. The lowest BCUT2D eigenvalue weighted by Gasteiger charge is -2.29. The monoisotopic (exact) mass is 365 g/mol. The zero-order valence-electron chi connectivity index (χ0n) is 14.4. The van der Waals surface area contributed by atoms with E-state index >= 15 is 0 Å². The molecular formula is C19H27NO2S2. The van der Waals surface area contributed by atoms with Crippen molar-refractivity contribution in [2.45, 2.75) is 56.5 Å². The van der Waals surface area contributed by atoms with Gasteiger partial charge >= 0.3 is 0 Å². The van der Waals surface area contributed by atoms with Gasteiger partial charge in [0.25, 0.3) is 0 Å². The molecule has 0 radical (unpaired) electrons. The van der Waals surface area contributed by atoms with Gasteiger partial charge < -0.3 is 9.64 Å². The summed E-state index contributed by atoms with van der Waals surface area (Å²) in [5, 5.41) is 0.818. The number of ether oxygens (including phenoxy) is 1. The summed E-state index contributed by atoms with van der Waals surface area (Å²) in [6, 6.07) is 8.44. The van der Waals surface area contributed by atoms with Crippen LogP contribution in [0.3, 0.4) is 0 Å². The van der Waals surface area contributed by atoms with Gasteiger partial charge in [0.05, 0.1) is 12.7 Å². The van der Waals surface area contributed by atoms with Gasteiger partial charge in [-0.05, 0) is 30.4 Å². The van der Waals surface area contributed by atoms with Crippen LogP contribution in [0.25, 0.3) is 0 Å². The number of rotatable bonds is 7. The number of hydrogen-bond acceptors (Lipinski definition) is 4. The van der Waals surface area contributed by atoms with Gasteiger partial charge in [-0.3, -0.25) is 4.79 Å². The molecule has 2 aliphatic rings. The van der Waals surface area contributed by atoms with Crippen molar-refractivity contribution in [3.05, 3.63) is 35.4 Å². The summed E-state index contributed by atoms with van der Waals surface area (Å²) in [5.41, 5.74) is 2.65. The first-order chi connectivity index (χ1) is 11.7. The molecule has 2 aliphatic heterocycles. The van der Waals surface area contributed by atoms with Crippen molar-refractivity contribution in [1.29, 1.82) is 0 Å². The van der Waals surface area contributed by atoms with Crippen LogP contribution in [0.1, 0.15) is 43.2 Å². The SMILES string of the molecule is CN(CC1Cc2ccccc2CO1)C(=O)CCCCC1CCSS1. The minimum Gasteiger partial charge on any atom is -0.371 e. The Hall–Kier alpha value is -0.650. The lowest BCUT2D eigenvalue weighted by molar-refractivity contribution is -0.132. The number of likely N-dealkylation sites (N-methyl/N-ethyl adjacent to an activating group) is 1. The Morgan fingerprint density at radius 2 is 2.12 bits per heavy atom. The lowest BCUT2D eigenvalue weighted by Crippen LogP contribution is -2.38. The molecule has 1 fully saturated rings. The molecule has 0 spiro atoms. The fourth-order valence-corrected chi connectivity index (χ4v) is 6.36. The Balaban J connectivity index is 1.35. The van der Waals surface area contributed by atoms with E-state index in [4.69, 9.17) is 4.74 Å². The van der Waals surface area contributed by atoms with E-state index in [1.807, 2.05) is 33.5 Å². The maximum atomic E-state index is 12.3. The maximum absolute atomic E-state index is 12.3. The van der Waals surface area contributed by atoms with Crippen LogP contribution < -0.4 is 0 Å². The van der Waals surface area contributed by atoms with Crippen LogP contribution in [-0.4, -0.2) is 41.5 Å². The first kappa shape index (κ1) is 18.2. The predicted molar refractivity (Wildman–Crippen MR) is 103 cm³/mol. The van der Waals surface area contributed by atoms with Crippen molar-refractivity contribution in [2.75, 3.05) is 19.3 Å². The van der Waals surface area contributed by atoms with Crippen molar-refractivity contribution in [2.24, 2.45) is 0 Å². The van der Waals surface area contributed by atoms with Crippen LogP contribution in [0.2, 0.25) is 0 Å². The minimum absolute atomic E-state index is 0.126. The summed E-state index contributed by atoms with van der Waals surface area (Å²) in [5.74, 6) is 1.55. The van der Waals surface area contributed by atoms with Crippen molar-refractivity contribution in [3.8, 4) is 0 Å². The molecule has 0 saturated carbocycles. The molecule has 1 aromatic rings. The third-order valence-corrected chi connectivity index (χ3v) is 7.84. The summed E-state index contributed by atoms with van der Waals surface area (Å²) < 4.78 is 5.92. The van der Waals surface area contributed by atoms with Crippen LogP contribution in [0.15, 0.2) is 24.3 Å². The summed E-state index contributed by atoms with van der Waals surface area (Å²) in [4.78, 5) is 14.2. The van der Waals surface area contributed by atoms with Gasteiger partial charge in [0, 0.05) is 37.4 Å². The molecule has 132 valence electrons. The number of amides is 1. The molecule has 1 amide bonds. The highest BCUT2D eigenvalue weighted by atomic mass is 33.1. The molecule has 2 heterocycles. The van der Waals surface area contributed by atoms with E-state index in [1.54, 1.807) is 0 Å². The number of fused-ring (bicyclic) bond motifs is 1. The first-order valence-electron chi connectivity index (χ1n) is 8.93. The maximum Gasteiger partial charge on any atom is 0.222 e. The van der Waals surface area contributed by atoms with Gasteiger partial charge in [-0.1, -0.05) is 52.3 Å². The standard InChI is InChI=1S/C19H27NO2S2/c1-20(19(21)9-5-4-8-18-10-11-23-24-18)13-17-12-15-6-2-3-7-16(15)14-22-17/h2-3,6-7,17-18H,4-5,8-14H2,1H3. The van der Waals surface area contributed by atoms with Crippen molar-refractivity contribution >= 4 is 27.5 Å². The number of nitrogens with zero attached hydrogens (tertiary/aromatic N) is 1. The fraction of sp³-hybridized carbons (Fsp3) is 0.632. The Morgan fingerprint density at radius 1 is 1.29 bits per heavy atom. The average Bonchev–Trinajstić information content (AvgIpc) is 3.12. The second-order valence-electron chi connectivity index (χ2n) is 6.75. The first-order valence-corrected chi connectivity index (χ1v) is 11.3. The molecule has 2 unspecified atom stereocenters. The smallest absolute Gasteiger partial charge is 0.222 e. The topological polar surface area (TPSA) is 29.5 Å². The Labute approximate surface area is 153 Å². The van der Waals surface area contributed by atoms with Crippen LogP contribution >= 0.6 is 21.6 Å². The van der Waals surface area contributed by atoms with E-state index in [0.717, 1.165) is 18.1 Å². The van der Waals surface area contributed by atoms with Crippen LogP contribution in [0.4, 0.5) is 0 Å². The lowest BCUT2D eigenvalue weighted by atomic mass is 9.99. The Kier molecular flexibility index (Phi) is 6.93. The third kappa shape index (κ3) is 5.17. The molecule has 2 atom stereocenters. The minimum atomic E-state index is 0.126. The zero-order valence-corrected chi connectivity index (χ0v) is 16.0. The molecule has 0 aromatic heterocycles. The van der Waals surface area contributed by atoms with Gasteiger partial charge in [0.2, 0.25) is 5.91 Å². The molecular weight excluding hydrogens is 338 g/mol. The van der Waals surface area contributed by atoms with Crippen LogP contribution in [0, 0.1) is 0 Å². The second-order valence-corrected chi connectivity index (χ2v) is 9.54. The highest BCUT2D eigenvalue weighted by Gasteiger charge is 2.22. The van der Waals surface area contributed by atoms with Crippen LogP contribution in [0.5, 0.6) is 0 Å². The number of hydrogen-bond donors (Lipinski definition) is 0. The number of carbonyl (C=O) groups is 1. The number of unbranched alkanes of at least 4 members (excludes halogenated alkanes) is 1. The zero-order chi connectivity index (χ0) is 16.8. The predicted octanol–water partition coefficient (Wildman–Crippen LogP) is 4.30. The highest BCUT2D eigenvalue weighted by molar-refractivity contribution is 8.77. The van der Waals surface area contributed by atoms with E-state index < -0.39 is 0 Å². The van der Waals surface area contributed by atoms with E-state index in [-0.39, 0.29) is 12.0 Å². The normalized spacial score (nSPS) is 23.0. The summed E-state index contributed by atoms with van der Waals surface area (Å²) >= 11 is 0. The fourth-order valence-electron chi connectivity index (χ4n) is 3.34. The molecule has 24 heavy (non-hydrogen) atoms. The van der Waals surface area contributed by atoms with Gasteiger partial charge in [-0.15, -0.1) is 0 Å². The number of carbonyl (C=O) groups excluding carboxylic acids is 1. The van der Waals surface area contributed by atoms with E-state index in [1.165, 1.54) is 36.1 Å². The van der Waals surface area contributed by atoms with Gasteiger partial charge in [-0.25, -0.2) is 0 Å². The van der Waals surface area contributed by atoms with Gasteiger partial charge in [-0.2, -0.15) is 0 Å². The molecule has 3 nitrogen and oxygen atoms in total. The third-order valence-electron chi connectivity index (χ3n) is 4.84. The van der Waals surface area contributed by atoms with Crippen molar-refractivity contribution in [1.82, 2.24) is 4.90 Å². The largest absolute Gasteiger partial charge is 0.371 e. The molecule has 1 saturated heterocycles. The molecule has 3 rings (SSSR count). The highest BCUT2D eigenvalue weighted by Crippen LogP contribution is 2.39. The molecule has 5 heteroatoms. The molecule has 0 bridgehead atoms. The van der Waals surface area contributed by atoms with Crippen LogP contribution in [-0.2, 0) is 22.6 Å². The molecule has 0 N–H and O–H groups in total. The Bertz CT molecular complexity index is 546. The molecule has 0 aliphatic carbocycles. The van der Waals surface area contributed by atoms with Gasteiger partial charge in [0.1, 0.15) is 0 Å². The van der Waals surface area contributed by atoms with Gasteiger partial charge in [0.15, 0.2) is 0 Å². The summed E-state index contributed by atoms with van der Waals surface area (Å²) in [6.07, 6.45) is 6.49. The van der Waals surface area contributed by atoms with Crippen molar-refractivity contribution < 1.29 is 9.53 Å². The quantitative estimate of drug-likeness (QED) is 0.532.